The standard InChI is InChI=1S/C12H18N2O2/c1-2-11-10(5-7-16-11)12(15)14-9-4-3-6-13-8-9/h5,7,9,13H,2-4,6,8H2,1H3,(H,14,15)/t9-/m0/s1. The minimum atomic E-state index is -0.0145. The van der Waals surface area contributed by atoms with Gasteiger partial charge in [0.25, 0.3) is 5.91 Å². The van der Waals surface area contributed by atoms with Crippen LogP contribution in [0.4, 0.5) is 0 Å². The van der Waals surface area contributed by atoms with Crippen LogP contribution in [0.1, 0.15) is 35.9 Å². The molecule has 1 aromatic rings. The van der Waals surface area contributed by atoms with E-state index in [1.165, 1.54) is 0 Å². The van der Waals surface area contributed by atoms with Crippen LogP contribution in [0, 0.1) is 0 Å². The third kappa shape index (κ3) is 2.44. The number of nitrogens with one attached hydrogen (secondary N) is 2. The van der Waals surface area contributed by atoms with Gasteiger partial charge in [-0.1, -0.05) is 6.92 Å². The molecule has 2 N–H and O–H groups in total. The molecule has 1 aliphatic heterocycles. The summed E-state index contributed by atoms with van der Waals surface area (Å²) >= 11 is 0. The van der Waals surface area contributed by atoms with E-state index >= 15 is 0 Å². The van der Waals surface area contributed by atoms with Gasteiger partial charge in [-0.3, -0.25) is 4.79 Å². The van der Waals surface area contributed by atoms with Crippen molar-refractivity contribution >= 4 is 5.91 Å². The third-order valence-electron chi connectivity index (χ3n) is 2.94. The summed E-state index contributed by atoms with van der Waals surface area (Å²) in [6, 6.07) is 1.99. The molecule has 2 rings (SSSR count). The highest BCUT2D eigenvalue weighted by Crippen LogP contribution is 2.12. The van der Waals surface area contributed by atoms with Gasteiger partial charge in [-0.15, -0.1) is 0 Å². The van der Waals surface area contributed by atoms with Crippen LogP contribution in [0.5, 0.6) is 0 Å². The number of furan rings is 1. The van der Waals surface area contributed by atoms with E-state index in [0.717, 1.165) is 38.1 Å². The molecule has 1 amide bonds. The van der Waals surface area contributed by atoms with Crippen molar-refractivity contribution in [1.82, 2.24) is 10.6 Å². The smallest absolute Gasteiger partial charge is 0.255 e. The molecule has 1 aliphatic rings. The second-order valence-electron chi connectivity index (χ2n) is 4.13. The molecule has 1 atom stereocenters. The number of hydrogen-bond acceptors (Lipinski definition) is 3. The highest BCUT2D eigenvalue weighted by Gasteiger charge is 2.19. The Kier molecular flexibility index (Phi) is 3.62. The fourth-order valence-electron chi connectivity index (χ4n) is 2.05. The minimum absolute atomic E-state index is 0.0145. The van der Waals surface area contributed by atoms with Crippen LogP contribution >= 0.6 is 0 Å². The van der Waals surface area contributed by atoms with Gasteiger partial charge in [0, 0.05) is 19.0 Å². The molecule has 4 nitrogen and oxygen atoms in total. The molecule has 1 saturated heterocycles. The van der Waals surface area contributed by atoms with Crippen molar-refractivity contribution in [1.29, 1.82) is 0 Å². The lowest BCUT2D eigenvalue weighted by molar-refractivity contribution is 0.0928. The number of piperidine rings is 1. The molecule has 4 heteroatoms. The summed E-state index contributed by atoms with van der Waals surface area (Å²) in [4.78, 5) is 12.0. The molecule has 0 spiro atoms. The molecule has 1 aromatic heterocycles. The molecule has 0 saturated carbocycles. The first-order valence-corrected chi connectivity index (χ1v) is 5.89. The van der Waals surface area contributed by atoms with Crippen molar-refractivity contribution in [3.8, 4) is 0 Å². The molecule has 0 aliphatic carbocycles. The summed E-state index contributed by atoms with van der Waals surface area (Å²) in [7, 11) is 0. The highest BCUT2D eigenvalue weighted by atomic mass is 16.3. The van der Waals surface area contributed by atoms with E-state index in [1.807, 2.05) is 6.92 Å². The fraction of sp³-hybridized carbons (Fsp3) is 0.583. The van der Waals surface area contributed by atoms with Crippen molar-refractivity contribution in [2.45, 2.75) is 32.2 Å². The number of aryl methyl sites for hydroxylation is 1. The lowest BCUT2D eigenvalue weighted by Crippen LogP contribution is -2.45. The first kappa shape index (κ1) is 11.2. The van der Waals surface area contributed by atoms with Crippen molar-refractivity contribution in [2.24, 2.45) is 0 Å². The zero-order chi connectivity index (χ0) is 11.4. The second kappa shape index (κ2) is 5.16. The third-order valence-corrected chi connectivity index (χ3v) is 2.94. The summed E-state index contributed by atoms with van der Waals surface area (Å²) in [6.45, 7) is 3.90. The normalized spacial score (nSPS) is 20.7. The largest absolute Gasteiger partial charge is 0.469 e. The number of carbonyl (C=O) groups excluding carboxylic acids is 1. The van der Waals surface area contributed by atoms with Gasteiger partial charge in [0.05, 0.1) is 11.8 Å². The molecule has 16 heavy (non-hydrogen) atoms. The number of amides is 1. The Hall–Kier alpha value is -1.29. The van der Waals surface area contributed by atoms with Crippen molar-refractivity contribution < 1.29 is 9.21 Å². The van der Waals surface area contributed by atoms with Gasteiger partial charge in [0.1, 0.15) is 5.76 Å². The van der Waals surface area contributed by atoms with E-state index in [0.29, 0.717) is 5.56 Å². The predicted molar refractivity (Wildman–Crippen MR) is 61.4 cm³/mol. The van der Waals surface area contributed by atoms with Crippen molar-refractivity contribution in [3.63, 3.8) is 0 Å². The van der Waals surface area contributed by atoms with Gasteiger partial charge in [-0.05, 0) is 25.5 Å². The highest BCUT2D eigenvalue weighted by molar-refractivity contribution is 5.95. The van der Waals surface area contributed by atoms with E-state index in [4.69, 9.17) is 4.42 Å². The molecule has 1 fully saturated rings. The maximum Gasteiger partial charge on any atom is 0.255 e. The Labute approximate surface area is 95.4 Å². The van der Waals surface area contributed by atoms with Crippen LogP contribution in [-0.4, -0.2) is 25.0 Å². The van der Waals surface area contributed by atoms with Gasteiger partial charge in [-0.2, -0.15) is 0 Å². The number of hydrogen-bond donors (Lipinski definition) is 2. The Morgan fingerprint density at radius 3 is 3.25 bits per heavy atom. The van der Waals surface area contributed by atoms with Gasteiger partial charge in [0.2, 0.25) is 0 Å². The van der Waals surface area contributed by atoms with Crippen LogP contribution in [-0.2, 0) is 6.42 Å². The predicted octanol–water partition coefficient (Wildman–Crippen LogP) is 1.32. The summed E-state index contributed by atoms with van der Waals surface area (Å²) in [5, 5.41) is 6.31. The SMILES string of the molecule is CCc1occc1C(=O)N[C@H]1CCCNC1. The van der Waals surface area contributed by atoms with Gasteiger partial charge in [0.15, 0.2) is 0 Å². The molecule has 0 bridgehead atoms. The van der Waals surface area contributed by atoms with Gasteiger partial charge >= 0.3 is 0 Å². The van der Waals surface area contributed by atoms with Crippen LogP contribution < -0.4 is 10.6 Å². The maximum absolute atomic E-state index is 12.0. The Morgan fingerprint density at radius 2 is 2.56 bits per heavy atom. The second-order valence-corrected chi connectivity index (χ2v) is 4.13. The van der Waals surface area contributed by atoms with Crippen LogP contribution in [0.25, 0.3) is 0 Å². The first-order chi connectivity index (χ1) is 7.81. The van der Waals surface area contributed by atoms with E-state index in [2.05, 4.69) is 10.6 Å². The quantitative estimate of drug-likeness (QED) is 0.811. The number of rotatable bonds is 3. The van der Waals surface area contributed by atoms with E-state index in [9.17, 15) is 4.79 Å². The lowest BCUT2D eigenvalue weighted by atomic mass is 10.1. The molecular weight excluding hydrogens is 204 g/mol. The summed E-state index contributed by atoms with van der Waals surface area (Å²) in [5.74, 6) is 0.751. The summed E-state index contributed by atoms with van der Waals surface area (Å²) < 4.78 is 5.25. The zero-order valence-corrected chi connectivity index (χ0v) is 9.58. The molecule has 0 unspecified atom stereocenters. The number of carbonyl (C=O) groups is 1. The molecule has 88 valence electrons. The summed E-state index contributed by atoms with van der Waals surface area (Å²) in [5.41, 5.74) is 0.674. The Balaban J connectivity index is 1.96. The topological polar surface area (TPSA) is 54.3 Å². The monoisotopic (exact) mass is 222 g/mol. The minimum Gasteiger partial charge on any atom is -0.469 e. The Morgan fingerprint density at radius 1 is 1.69 bits per heavy atom. The molecule has 0 radical (unpaired) electrons. The van der Waals surface area contributed by atoms with Crippen molar-refractivity contribution in [3.05, 3.63) is 23.7 Å². The van der Waals surface area contributed by atoms with E-state index < -0.39 is 0 Å². The Bertz CT molecular complexity index is 354. The average Bonchev–Trinajstić information content (AvgIpc) is 2.78. The fourth-order valence-corrected chi connectivity index (χ4v) is 2.05. The maximum atomic E-state index is 12.0. The zero-order valence-electron chi connectivity index (χ0n) is 9.58. The van der Waals surface area contributed by atoms with Crippen molar-refractivity contribution in [2.75, 3.05) is 13.1 Å². The van der Waals surface area contributed by atoms with Crippen LogP contribution in [0.15, 0.2) is 16.7 Å². The molecule has 2 heterocycles. The molecular formula is C12H18N2O2. The van der Waals surface area contributed by atoms with E-state index in [1.54, 1.807) is 12.3 Å². The van der Waals surface area contributed by atoms with Gasteiger partial charge < -0.3 is 15.1 Å². The van der Waals surface area contributed by atoms with Gasteiger partial charge in [-0.25, -0.2) is 0 Å². The first-order valence-electron chi connectivity index (χ1n) is 5.89. The summed E-state index contributed by atoms with van der Waals surface area (Å²) in [6.07, 6.45) is 4.50. The molecule has 0 aromatic carbocycles. The van der Waals surface area contributed by atoms with Crippen LogP contribution in [0.3, 0.4) is 0 Å². The van der Waals surface area contributed by atoms with E-state index in [-0.39, 0.29) is 11.9 Å². The van der Waals surface area contributed by atoms with Crippen LogP contribution in [0.2, 0.25) is 0 Å². The average molecular weight is 222 g/mol. The lowest BCUT2D eigenvalue weighted by Gasteiger charge is -2.23.